The number of unbranched alkanes of at least 4 members (excludes halogenated alkanes) is 37. The minimum absolute atomic E-state index is 0.102. The Morgan fingerprint density at radius 1 is 0.298 bits per heavy atom. The fraction of sp³-hybridized carbons (Fsp3) is 0.947. The van der Waals surface area contributed by atoms with E-state index < -0.39 is 97.5 Å². The van der Waals surface area contributed by atoms with Crippen LogP contribution in [0.15, 0.2) is 0 Å². The van der Waals surface area contributed by atoms with Gasteiger partial charge in [0.25, 0.3) is 0 Å². The topological polar surface area (TPSA) is 237 Å². The number of hydrogen-bond acceptors (Lipinski definition) is 15. The van der Waals surface area contributed by atoms with E-state index in [1.54, 1.807) is 0 Å². The lowest BCUT2D eigenvalue weighted by Gasteiger charge is -2.21. The van der Waals surface area contributed by atoms with Crippen LogP contribution in [0.4, 0.5) is 0 Å². The Morgan fingerprint density at radius 2 is 0.511 bits per heavy atom. The summed E-state index contributed by atoms with van der Waals surface area (Å²) in [6.45, 7) is 14.1. The Labute approximate surface area is 575 Å². The number of hydrogen-bond donors (Lipinski definition) is 3. The first kappa shape index (κ1) is 92.1. The van der Waals surface area contributed by atoms with Gasteiger partial charge in [0.2, 0.25) is 0 Å². The minimum Gasteiger partial charge on any atom is -0.462 e. The molecular weight excluding hydrogens is 1230 g/mol. The van der Waals surface area contributed by atoms with Gasteiger partial charge in [-0.25, -0.2) is 9.13 Å². The maximum Gasteiger partial charge on any atom is 0.472 e. The highest BCUT2D eigenvalue weighted by molar-refractivity contribution is 7.47. The molecule has 0 bridgehead atoms. The van der Waals surface area contributed by atoms with Gasteiger partial charge in [-0.05, 0) is 49.4 Å². The van der Waals surface area contributed by atoms with Crippen LogP contribution in [-0.2, 0) is 65.4 Å². The summed E-state index contributed by atoms with van der Waals surface area (Å²) in [5.41, 5.74) is 0. The Bertz CT molecular complexity index is 1850. The summed E-state index contributed by atoms with van der Waals surface area (Å²) >= 11 is 0. The van der Waals surface area contributed by atoms with Crippen molar-refractivity contribution in [3.8, 4) is 0 Å². The van der Waals surface area contributed by atoms with Gasteiger partial charge >= 0.3 is 39.5 Å². The van der Waals surface area contributed by atoms with Crippen LogP contribution in [0, 0.1) is 23.7 Å². The maximum atomic E-state index is 13.0. The van der Waals surface area contributed by atoms with Crippen molar-refractivity contribution in [1.82, 2.24) is 0 Å². The van der Waals surface area contributed by atoms with Crippen LogP contribution in [-0.4, -0.2) is 96.7 Å². The molecule has 0 heterocycles. The molecule has 0 spiro atoms. The number of phosphoric acid groups is 2. The zero-order chi connectivity index (χ0) is 69.6. The third-order valence-electron chi connectivity index (χ3n) is 17.7. The molecule has 0 amide bonds. The SMILES string of the molecule is CCC(C)CCCCCCCCC(=O)OC[C@H](COP(=O)(O)OC[C@H](O)COP(=O)(O)OC[C@@H](COC(=O)CCCCCCCCCCCCCCCCCCC(C)C)OC(=O)CCCCCCCCC(C)C)OC(=O)CCCCCCCCCCCCCCCC(C)C. The van der Waals surface area contributed by atoms with Crippen LogP contribution >= 0.6 is 15.6 Å². The van der Waals surface area contributed by atoms with E-state index in [2.05, 4.69) is 55.4 Å². The normalized spacial score (nSPS) is 14.4. The zero-order valence-corrected chi connectivity index (χ0v) is 63.4. The van der Waals surface area contributed by atoms with Crippen molar-refractivity contribution >= 4 is 39.5 Å². The van der Waals surface area contributed by atoms with Crippen molar-refractivity contribution in [3.63, 3.8) is 0 Å². The third-order valence-corrected chi connectivity index (χ3v) is 19.6. The molecule has 19 heteroatoms. The number of phosphoric ester groups is 2. The number of esters is 4. The highest BCUT2D eigenvalue weighted by Gasteiger charge is 2.30. The predicted octanol–water partition coefficient (Wildman–Crippen LogP) is 21.7. The molecule has 94 heavy (non-hydrogen) atoms. The average Bonchev–Trinajstić information content (AvgIpc) is 2.25. The fourth-order valence-electron chi connectivity index (χ4n) is 11.3. The molecule has 558 valence electrons. The Morgan fingerprint density at radius 3 is 0.755 bits per heavy atom. The molecule has 0 aliphatic rings. The summed E-state index contributed by atoms with van der Waals surface area (Å²) < 4.78 is 68.4. The molecule has 0 aromatic carbocycles. The first-order chi connectivity index (χ1) is 45.1. The van der Waals surface area contributed by atoms with Gasteiger partial charge < -0.3 is 33.8 Å². The second-order valence-electron chi connectivity index (χ2n) is 28.7. The van der Waals surface area contributed by atoms with Crippen LogP contribution < -0.4 is 0 Å². The molecule has 0 saturated carbocycles. The minimum atomic E-state index is -4.95. The number of carbonyl (C=O) groups excluding carboxylic acids is 4. The smallest absolute Gasteiger partial charge is 0.462 e. The largest absolute Gasteiger partial charge is 0.472 e. The lowest BCUT2D eigenvalue weighted by molar-refractivity contribution is -0.161. The molecule has 0 aliphatic heterocycles. The van der Waals surface area contributed by atoms with Gasteiger partial charge in [0.1, 0.15) is 19.3 Å². The summed E-state index contributed by atoms with van der Waals surface area (Å²) in [5.74, 6) is 0.871. The van der Waals surface area contributed by atoms with Crippen LogP contribution in [0.1, 0.15) is 376 Å². The standard InChI is InChI=1S/C75H146O17P2/c1-9-68(8)54-46-38-32-34-40-48-56-73(78)86-62-70(91-74(79)57-49-41-30-26-22-18-14-16-20-24-28-36-44-52-66(4)5)63-89-93(81,82)87-59-69(76)60-88-94(83,84)90-64-71(92-75(80)58-50-42-33-31-37-45-53-67(6)7)61-85-72(77)55-47-39-29-25-21-17-13-11-10-12-15-19-23-27-35-43-51-65(2)3/h65-71,76H,9-64H2,1-8H3,(H,81,82)(H,83,84)/t68?,69-,70+,71+/m0/s1. The van der Waals surface area contributed by atoms with E-state index in [1.165, 1.54) is 173 Å². The molecule has 6 atom stereocenters. The number of carbonyl (C=O) groups is 4. The Balaban J connectivity index is 5.16. The molecule has 17 nitrogen and oxygen atoms in total. The Hall–Kier alpha value is -1.94. The molecule has 0 fully saturated rings. The molecule has 0 radical (unpaired) electrons. The van der Waals surface area contributed by atoms with Gasteiger partial charge in [-0.2, -0.15) is 0 Å². The lowest BCUT2D eigenvalue weighted by Crippen LogP contribution is -2.30. The molecule has 0 aromatic heterocycles. The number of aliphatic hydroxyl groups excluding tert-OH is 1. The number of rotatable bonds is 72. The number of ether oxygens (including phenoxy) is 4. The van der Waals surface area contributed by atoms with Crippen LogP contribution in [0.5, 0.6) is 0 Å². The first-order valence-electron chi connectivity index (χ1n) is 38.7. The van der Waals surface area contributed by atoms with Crippen molar-refractivity contribution in [2.75, 3.05) is 39.6 Å². The summed E-state index contributed by atoms with van der Waals surface area (Å²) in [6.07, 6.45) is 48.9. The van der Waals surface area contributed by atoms with Gasteiger partial charge in [-0.15, -0.1) is 0 Å². The molecule has 0 saturated heterocycles. The van der Waals surface area contributed by atoms with E-state index in [1.807, 2.05) is 0 Å². The molecule has 3 unspecified atom stereocenters. The molecule has 0 aliphatic carbocycles. The van der Waals surface area contributed by atoms with Gasteiger partial charge in [0, 0.05) is 25.7 Å². The van der Waals surface area contributed by atoms with E-state index in [0.29, 0.717) is 31.6 Å². The summed E-state index contributed by atoms with van der Waals surface area (Å²) in [7, 11) is -9.91. The average molecular weight is 1380 g/mol. The van der Waals surface area contributed by atoms with E-state index >= 15 is 0 Å². The summed E-state index contributed by atoms with van der Waals surface area (Å²) in [4.78, 5) is 72.7. The molecule has 0 rings (SSSR count). The van der Waals surface area contributed by atoms with E-state index in [4.69, 9.17) is 37.0 Å². The van der Waals surface area contributed by atoms with E-state index in [0.717, 1.165) is 114 Å². The van der Waals surface area contributed by atoms with Crippen molar-refractivity contribution in [1.29, 1.82) is 0 Å². The zero-order valence-electron chi connectivity index (χ0n) is 61.6. The molecule has 3 N–H and O–H groups in total. The van der Waals surface area contributed by atoms with E-state index in [-0.39, 0.29) is 25.7 Å². The second-order valence-corrected chi connectivity index (χ2v) is 31.6. The highest BCUT2D eigenvalue weighted by Crippen LogP contribution is 2.45. The molecular formula is C75H146O17P2. The van der Waals surface area contributed by atoms with Crippen molar-refractivity contribution < 1.29 is 80.2 Å². The van der Waals surface area contributed by atoms with Gasteiger partial charge in [-0.1, -0.05) is 325 Å². The summed E-state index contributed by atoms with van der Waals surface area (Å²) in [5, 5.41) is 10.6. The monoisotopic (exact) mass is 1380 g/mol. The van der Waals surface area contributed by atoms with Gasteiger partial charge in [-0.3, -0.25) is 37.3 Å². The lowest BCUT2D eigenvalue weighted by atomic mass is 10.00. The van der Waals surface area contributed by atoms with Crippen LogP contribution in [0.25, 0.3) is 0 Å². The van der Waals surface area contributed by atoms with Gasteiger partial charge in [0.15, 0.2) is 12.2 Å². The second kappa shape index (κ2) is 64.4. The van der Waals surface area contributed by atoms with Crippen molar-refractivity contribution in [3.05, 3.63) is 0 Å². The molecule has 0 aromatic rings. The van der Waals surface area contributed by atoms with Crippen LogP contribution in [0.2, 0.25) is 0 Å². The fourth-order valence-corrected chi connectivity index (χ4v) is 12.9. The van der Waals surface area contributed by atoms with Gasteiger partial charge in [0.05, 0.1) is 26.4 Å². The highest BCUT2D eigenvalue weighted by atomic mass is 31.2. The van der Waals surface area contributed by atoms with Crippen molar-refractivity contribution in [2.45, 2.75) is 395 Å². The third kappa shape index (κ3) is 67.3. The number of aliphatic hydroxyl groups is 1. The Kier molecular flexibility index (Phi) is 63.1. The van der Waals surface area contributed by atoms with E-state index in [9.17, 15) is 43.2 Å². The summed E-state index contributed by atoms with van der Waals surface area (Å²) in [6, 6.07) is 0. The quantitative estimate of drug-likeness (QED) is 0.0222. The predicted molar refractivity (Wildman–Crippen MR) is 381 cm³/mol. The van der Waals surface area contributed by atoms with Crippen LogP contribution in [0.3, 0.4) is 0 Å². The first-order valence-corrected chi connectivity index (χ1v) is 41.7. The maximum absolute atomic E-state index is 13.0. The van der Waals surface area contributed by atoms with Crippen molar-refractivity contribution in [2.24, 2.45) is 23.7 Å².